The van der Waals surface area contributed by atoms with E-state index in [2.05, 4.69) is 0 Å². The lowest BCUT2D eigenvalue weighted by Gasteiger charge is -2.04. The summed E-state index contributed by atoms with van der Waals surface area (Å²) in [4.78, 5) is 12.3. The van der Waals surface area contributed by atoms with Crippen LogP contribution in [-0.4, -0.2) is 18.0 Å². The van der Waals surface area contributed by atoms with Gasteiger partial charge in [0.05, 0.1) is 7.11 Å². The molecule has 106 valence electrons. The van der Waals surface area contributed by atoms with Gasteiger partial charge in [-0.2, -0.15) is 0 Å². The van der Waals surface area contributed by atoms with Gasteiger partial charge in [0.25, 0.3) is 0 Å². The highest BCUT2D eigenvalue weighted by molar-refractivity contribution is 6.16. The molecule has 0 fully saturated rings. The van der Waals surface area contributed by atoms with Crippen LogP contribution in [0.15, 0.2) is 42.2 Å². The highest BCUT2D eigenvalue weighted by Gasteiger charge is 2.31. The van der Waals surface area contributed by atoms with Crippen LogP contribution in [0, 0.1) is 6.92 Å². The van der Waals surface area contributed by atoms with Crippen LogP contribution < -0.4 is 9.47 Å². The van der Waals surface area contributed by atoms with E-state index in [0.717, 1.165) is 11.1 Å². The number of fused-ring (bicyclic) bond motifs is 1. The first-order valence-corrected chi connectivity index (χ1v) is 6.51. The Kier molecular flexibility index (Phi) is 3.14. The molecule has 0 radical (unpaired) electrons. The maximum absolute atomic E-state index is 12.3. The average Bonchev–Trinajstić information content (AvgIpc) is 2.76. The fraction of sp³-hybridized carbons (Fsp3) is 0.118. The molecule has 0 unspecified atom stereocenters. The second-order valence-electron chi connectivity index (χ2n) is 4.84. The SMILES string of the molecule is COc1ccccc1C=C1Oc2cc(C)cc(O)c2C1=O. The molecule has 4 nitrogen and oxygen atoms in total. The Bertz CT molecular complexity index is 759. The van der Waals surface area contributed by atoms with Gasteiger partial charge >= 0.3 is 0 Å². The smallest absolute Gasteiger partial charge is 0.235 e. The van der Waals surface area contributed by atoms with Crippen LogP contribution in [0.1, 0.15) is 21.5 Å². The van der Waals surface area contributed by atoms with E-state index in [4.69, 9.17) is 9.47 Å². The van der Waals surface area contributed by atoms with Crippen molar-refractivity contribution in [3.05, 3.63) is 58.8 Å². The number of hydrogen-bond acceptors (Lipinski definition) is 4. The topological polar surface area (TPSA) is 55.8 Å². The van der Waals surface area contributed by atoms with Gasteiger partial charge in [-0.15, -0.1) is 0 Å². The van der Waals surface area contributed by atoms with Crippen molar-refractivity contribution < 1.29 is 19.4 Å². The van der Waals surface area contributed by atoms with Gasteiger partial charge in [-0.25, -0.2) is 0 Å². The molecule has 2 aromatic rings. The van der Waals surface area contributed by atoms with E-state index in [1.54, 1.807) is 31.4 Å². The average molecular weight is 282 g/mol. The number of aryl methyl sites for hydroxylation is 1. The van der Waals surface area contributed by atoms with Crippen molar-refractivity contribution in [3.63, 3.8) is 0 Å². The molecule has 1 heterocycles. The Morgan fingerprint density at radius 2 is 2.00 bits per heavy atom. The Morgan fingerprint density at radius 3 is 2.76 bits per heavy atom. The molecule has 21 heavy (non-hydrogen) atoms. The molecule has 0 saturated carbocycles. The lowest BCUT2D eigenvalue weighted by atomic mass is 10.1. The van der Waals surface area contributed by atoms with Crippen molar-refractivity contribution in [2.24, 2.45) is 0 Å². The number of benzene rings is 2. The van der Waals surface area contributed by atoms with Crippen molar-refractivity contribution in [1.82, 2.24) is 0 Å². The third kappa shape index (κ3) is 2.25. The molecular weight excluding hydrogens is 268 g/mol. The summed E-state index contributed by atoms with van der Waals surface area (Å²) in [5, 5.41) is 9.91. The number of Topliss-reactive ketones (excluding diaryl/α,β-unsaturated/α-hetero) is 1. The van der Waals surface area contributed by atoms with Gasteiger partial charge < -0.3 is 14.6 Å². The van der Waals surface area contributed by atoms with Crippen molar-refractivity contribution in [2.75, 3.05) is 7.11 Å². The number of ether oxygens (including phenoxy) is 2. The van der Waals surface area contributed by atoms with Crippen LogP contribution in [0.2, 0.25) is 0 Å². The minimum atomic E-state index is -0.326. The number of hydrogen-bond donors (Lipinski definition) is 1. The standard InChI is InChI=1S/C17H14O4/c1-10-7-12(18)16-14(8-10)21-15(17(16)19)9-11-5-3-4-6-13(11)20-2/h3-9,18H,1-2H3. The number of phenols is 1. The second-order valence-corrected chi connectivity index (χ2v) is 4.84. The van der Waals surface area contributed by atoms with Crippen molar-refractivity contribution in [2.45, 2.75) is 6.92 Å². The van der Waals surface area contributed by atoms with Gasteiger partial charge in [0.1, 0.15) is 22.8 Å². The molecule has 0 bridgehead atoms. The van der Waals surface area contributed by atoms with E-state index in [0.29, 0.717) is 11.5 Å². The van der Waals surface area contributed by atoms with Crippen molar-refractivity contribution >= 4 is 11.9 Å². The first-order chi connectivity index (χ1) is 10.1. The number of aromatic hydroxyl groups is 1. The lowest BCUT2D eigenvalue weighted by molar-refractivity contribution is 0.101. The number of ketones is 1. The number of rotatable bonds is 2. The van der Waals surface area contributed by atoms with Gasteiger partial charge in [0.15, 0.2) is 5.76 Å². The van der Waals surface area contributed by atoms with Crippen LogP contribution in [0.25, 0.3) is 6.08 Å². The first-order valence-electron chi connectivity index (χ1n) is 6.51. The molecule has 1 N–H and O–H groups in total. The third-order valence-corrected chi connectivity index (χ3v) is 3.32. The molecule has 0 aliphatic carbocycles. The van der Waals surface area contributed by atoms with E-state index in [-0.39, 0.29) is 22.9 Å². The van der Waals surface area contributed by atoms with Gasteiger partial charge in [0.2, 0.25) is 5.78 Å². The second kappa shape index (κ2) is 4.98. The van der Waals surface area contributed by atoms with Crippen LogP contribution in [0.5, 0.6) is 17.2 Å². The molecule has 2 aromatic carbocycles. The molecule has 0 amide bonds. The van der Waals surface area contributed by atoms with E-state index >= 15 is 0 Å². The summed E-state index contributed by atoms with van der Waals surface area (Å²) in [6.45, 7) is 1.83. The van der Waals surface area contributed by atoms with Crippen molar-refractivity contribution in [1.29, 1.82) is 0 Å². The summed E-state index contributed by atoms with van der Waals surface area (Å²) in [6.07, 6.45) is 1.62. The van der Waals surface area contributed by atoms with E-state index in [9.17, 15) is 9.90 Å². The Labute approximate surface area is 122 Å². The summed E-state index contributed by atoms with van der Waals surface area (Å²) >= 11 is 0. The van der Waals surface area contributed by atoms with E-state index in [1.165, 1.54) is 0 Å². The quantitative estimate of drug-likeness (QED) is 0.858. The van der Waals surface area contributed by atoms with Gasteiger partial charge in [0, 0.05) is 5.56 Å². The van der Waals surface area contributed by atoms with Crippen molar-refractivity contribution in [3.8, 4) is 17.2 Å². The lowest BCUT2D eigenvalue weighted by Crippen LogP contribution is -1.99. The number of methoxy groups -OCH3 is 1. The summed E-state index contributed by atoms with van der Waals surface area (Å²) in [7, 11) is 1.57. The number of allylic oxidation sites excluding steroid dienone is 1. The monoisotopic (exact) mass is 282 g/mol. The van der Waals surface area contributed by atoms with Gasteiger partial charge in [-0.05, 0) is 36.8 Å². The Morgan fingerprint density at radius 1 is 1.24 bits per heavy atom. The number of carbonyl (C=O) groups is 1. The first kappa shape index (κ1) is 13.2. The molecular formula is C17H14O4. The zero-order chi connectivity index (χ0) is 15.0. The molecule has 0 atom stereocenters. The molecule has 0 aromatic heterocycles. The van der Waals surface area contributed by atoms with E-state index in [1.807, 2.05) is 25.1 Å². The largest absolute Gasteiger partial charge is 0.507 e. The fourth-order valence-corrected chi connectivity index (χ4v) is 2.35. The van der Waals surface area contributed by atoms with Gasteiger partial charge in [-0.3, -0.25) is 4.79 Å². The predicted molar refractivity (Wildman–Crippen MR) is 78.8 cm³/mol. The molecule has 4 heteroatoms. The summed E-state index contributed by atoms with van der Waals surface area (Å²) in [5.41, 5.74) is 1.78. The number of phenolic OH excluding ortho intramolecular Hbond substituents is 1. The fourth-order valence-electron chi connectivity index (χ4n) is 2.35. The van der Waals surface area contributed by atoms with Gasteiger partial charge in [-0.1, -0.05) is 18.2 Å². The summed E-state index contributed by atoms with van der Waals surface area (Å²) in [6, 6.07) is 10.6. The van der Waals surface area contributed by atoms with E-state index < -0.39 is 0 Å². The highest BCUT2D eigenvalue weighted by atomic mass is 16.5. The summed E-state index contributed by atoms with van der Waals surface area (Å²) in [5.74, 6) is 0.832. The molecule has 1 aliphatic rings. The maximum atomic E-state index is 12.3. The van der Waals surface area contributed by atoms with Crippen LogP contribution >= 0.6 is 0 Å². The number of para-hydroxylation sites is 1. The zero-order valence-corrected chi connectivity index (χ0v) is 11.7. The number of carbonyl (C=O) groups excluding carboxylic acids is 1. The third-order valence-electron chi connectivity index (χ3n) is 3.32. The van der Waals surface area contributed by atoms with Crippen LogP contribution in [-0.2, 0) is 0 Å². The molecule has 3 rings (SSSR count). The Balaban J connectivity index is 2.05. The highest BCUT2D eigenvalue weighted by Crippen LogP contribution is 2.39. The zero-order valence-electron chi connectivity index (χ0n) is 11.7. The maximum Gasteiger partial charge on any atom is 0.235 e. The molecule has 0 saturated heterocycles. The molecule has 1 aliphatic heterocycles. The predicted octanol–water partition coefficient (Wildman–Crippen LogP) is 3.33. The minimum absolute atomic E-state index is 0.0570. The summed E-state index contributed by atoms with van der Waals surface area (Å²) < 4.78 is 10.8. The Hall–Kier alpha value is -2.75. The minimum Gasteiger partial charge on any atom is -0.507 e. The van der Waals surface area contributed by atoms with Crippen LogP contribution in [0.3, 0.4) is 0 Å². The normalized spacial score (nSPS) is 15.0. The van der Waals surface area contributed by atoms with Crippen LogP contribution in [0.4, 0.5) is 0 Å². The molecule has 0 spiro atoms.